The fourth-order valence-corrected chi connectivity index (χ4v) is 1.72. The molecule has 1 aromatic heterocycles. The number of carbonyl (C=O) groups excluding carboxylic acids is 1. The maximum Gasteiger partial charge on any atom is 0.434 e. The summed E-state index contributed by atoms with van der Waals surface area (Å²) < 4.78 is 36.9. The summed E-state index contributed by atoms with van der Waals surface area (Å²) >= 11 is 5.93. The van der Waals surface area contributed by atoms with Gasteiger partial charge in [-0.3, -0.25) is 5.32 Å². The van der Waals surface area contributed by atoms with Gasteiger partial charge in [-0.1, -0.05) is 29.8 Å². The average Bonchev–Trinajstić information content (AvgIpc) is 2.46. The minimum absolute atomic E-state index is 0.0929. The van der Waals surface area contributed by atoms with Crippen LogP contribution in [-0.2, 0) is 12.7 Å². The Morgan fingerprint density at radius 3 is 2.50 bits per heavy atom. The van der Waals surface area contributed by atoms with Gasteiger partial charge in [0.1, 0.15) is 0 Å². The van der Waals surface area contributed by atoms with Gasteiger partial charge in [0.15, 0.2) is 11.5 Å². The number of nitrogens with zero attached hydrogens (tertiary/aromatic N) is 2. The van der Waals surface area contributed by atoms with E-state index in [9.17, 15) is 18.0 Å². The lowest BCUT2D eigenvalue weighted by Gasteiger charge is -2.09. The van der Waals surface area contributed by atoms with Crippen LogP contribution in [0.15, 0.2) is 36.7 Å². The minimum Gasteiger partial charge on any atom is -0.334 e. The van der Waals surface area contributed by atoms with E-state index in [2.05, 4.69) is 20.6 Å². The maximum atomic E-state index is 12.3. The number of aromatic nitrogens is 2. The molecule has 1 aromatic carbocycles. The van der Waals surface area contributed by atoms with E-state index in [1.165, 1.54) is 0 Å². The first-order chi connectivity index (χ1) is 10.4. The molecule has 0 fully saturated rings. The highest BCUT2D eigenvalue weighted by Gasteiger charge is 2.32. The number of carbonyl (C=O) groups is 1. The van der Waals surface area contributed by atoms with Crippen LogP contribution in [-0.4, -0.2) is 16.0 Å². The van der Waals surface area contributed by atoms with Crippen LogP contribution < -0.4 is 10.6 Å². The SMILES string of the molecule is O=C(NCc1ccccc1Cl)Nc1cnc(C(F)(F)F)cn1. The van der Waals surface area contributed by atoms with E-state index in [0.717, 1.165) is 6.20 Å². The summed E-state index contributed by atoms with van der Waals surface area (Å²) in [5.41, 5.74) is -0.424. The molecule has 2 aromatic rings. The predicted molar refractivity (Wildman–Crippen MR) is 74.3 cm³/mol. The van der Waals surface area contributed by atoms with Crippen molar-refractivity contribution in [1.82, 2.24) is 15.3 Å². The second-order valence-corrected chi connectivity index (χ2v) is 4.59. The smallest absolute Gasteiger partial charge is 0.334 e. The van der Waals surface area contributed by atoms with Crippen LogP contribution in [0, 0.1) is 0 Å². The summed E-state index contributed by atoms with van der Waals surface area (Å²) in [6.07, 6.45) is -3.20. The first kappa shape index (κ1) is 16.0. The van der Waals surface area contributed by atoms with Gasteiger partial charge in [0, 0.05) is 11.6 Å². The van der Waals surface area contributed by atoms with Crippen LogP contribution in [0.5, 0.6) is 0 Å². The minimum atomic E-state index is -4.57. The Balaban J connectivity index is 1.91. The molecule has 0 atom stereocenters. The molecule has 22 heavy (non-hydrogen) atoms. The number of hydrogen-bond acceptors (Lipinski definition) is 3. The molecule has 2 amide bonds. The molecule has 2 rings (SSSR count). The molecule has 5 nitrogen and oxygen atoms in total. The topological polar surface area (TPSA) is 66.9 Å². The van der Waals surface area contributed by atoms with E-state index in [1.54, 1.807) is 24.3 Å². The van der Waals surface area contributed by atoms with Crippen LogP contribution in [0.1, 0.15) is 11.3 Å². The second kappa shape index (κ2) is 6.61. The van der Waals surface area contributed by atoms with Crippen molar-refractivity contribution in [2.45, 2.75) is 12.7 Å². The molecule has 116 valence electrons. The molecule has 1 heterocycles. The Hall–Kier alpha value is -2.35. The molecule has 0 saturated heterocycles. The van der Waals surface area contributed by atoms with Crippen molar-refractivity contribution in [3.63, 3.8) is 0 Å². The Bertz CT molecular complexity index is 661. The fraction of sp³-hybridized carbons (Fsp3) is 0.154. The molecule has 0 spiro atoms. The number of alkyl halides is 3. The number of anilines is 1. The fourth-order valence-electron chi connectivity index (χ4n) is 1.52. The molecule has 0 aliphatic heterocycles. The van der Waals surface area contributed by atoms with Gasteiger partial charge in [0.05, 0.1) is 12.4 Å². The van der Waals surface area contributed by atoms with Crippen molar-refractivity contribution < 1.29 is 18.0 Å². The second-order valence-electron chi connectivity index (χ2n) is 4.18. The molecule has 0 aliphatic rings. The highest BCUT2D eigenvalue weighted by atomic mass is 35.5. The average molecular weight is 331 g/mol. The Labute approximate surface area is 128 Å². The number of halogens is 4. The number of amides is 2. The normalized spacial score (nSPS) is 11.1. The van der Waals surface area contributed by atoms with Crippen molar-refractivity contribution in [2.24, 2.45) is 0 Å². The molecular formula is C13H10ClF3N4O. The summed E-state index contributed by atoms with van der Waals surface area (Å²) in [6, 6.07) is 6.30. The highest BCUT2D eigenvalue weighted by Crippen LogP contribution is 2.26. The standard InChI is InChI=1S/C13H10ClF3N4O/c14-9-4-2-1-3-8(9)5-20-12(22)21-11-7-18-10(6-19-11)13(15,16)17/h1-4,6-7H,5H2,(H2,19,20,21,22). The predicted octanol–water partition coefficient (Wildman–Crippen LogP) is 3.47. The largest absolute Gasteiger partial charge is 0.434 e. The van der Waals surface area contributed by atoms with Gasteiger partial charge in [-0.15, -0.1) is 0 Å². The monoisotopic (exact) mass is 330 g/mol. The summed E-state index contributed by atoms with van der Waals surface area (Å²) in [5.74, 6) is -0.0929. The Kier molecular flexibility index (Phi) is 4.81. The van der Waals surface area contributed by atoms with Gasteiger partial charge >= 0.3 is 12.2 Å². The molecule has 0 bridgehead atoms. The lowest BCUT2D eigenvalue weighted by atomic mass is 10.2. The van der Waals surface area contributed by atoms with E-state index in [-0.39, 0.29) is 12.4 Å². The van der Waals surface area contributed by atoms with Crippen LogP contribution in [0.3, 0.4) is 0 Å². The Morgan fingerprint density at radius 1 is 1.18 bits per heavy atom. The third-order valence-corrected chi connectivity index (χ3v) is 2.95. The van der Waals surface area contributed by atoms with E-state index in [0.29, 0.717) is 16.8 Å². The molecule has 9 heteroatoms. The number of hydrogen-bond donors (Lipinski definition) is 2. The zero-order valence-corrected chi connectivity index (χ0v) is 11.7. The summed E-state index contributed by atoms with van der Waals surface area (Å²) in [4.78, 5) is 18.3. The van der Waals surface area contributed by atoms with Crippen molar-refractivity contribution in [3.05, 3.63) is 52.9 Å². The van der Waals surface area contributed by atoms with Crippen LogP contribution >= 0.6 is 11.6 Å². The van der Waals surface area contributed by atoms with Gasteiger partial charge < -0.3 is 5.32 Å². The zero-order valence-electron chi connectivity index (χ0n) is 11.0. The molecular weight excluding hydrogens is 321 g/mol. The van der Waals surface area contributed by atoms with E-state index in [1.807, 2.05) is 0 Å². The van der Waals surface area contributed by atoms with E-state index < -0.39 is 17.9 Å². The van der Waals surface area contributed by atoms with Crippen molar-refractivity contribution >= 4 is 23.4 Å². The third kappa shape index (κ3) is 4.32. The molecule has 0 aliphatic carbocycles. The lowest BCUT2D eigenvalue weighted by molar-refractivity contribution is -0.141. The molecule has 0 radical (unpaired) electrons. The zero-order chi connectivity index (χ0) is 16.2. The first-order valence-electron chi connectivity index (χ1n) is 6.04. The van der Waals surface area contributed by atoms with Gasteiger partial charge in [-0.05, 0) is 11.6 Å². The highest BCUT2D eigenvalue weighted by molar-refractivity contribution is 6.31. The van der Waals surface area contributed by atoms with Crippen molar-refractivity contribution in [1.29, 1.82) is 0 Å². The van der Waals surface area contributed by atoms with Crippen molar-refractivity contribution in [3.8, 4) is 0 Å². The van der Waals surface area contributed by atoms with Crippen LogP contribution in [0.4, 0.5) is 23.8 Å². The van der Waals surface area contributed by atoms with Crippen LogP contribution in [0.2, 0.25) is 5.02 Å². The van der Waals surface area contributed by atoms with Crippen molar-refractivity contribution in [2.75, 3.05) is 5.32 Å². The summed E-state index contributed by atoms with van der Waals surface area (Å²) in [5, 5.41) is 5.28. The Morgan fingerprint density at radius 2 is 1.91 bits per heavy atom. The number of rotatable bonds is 3. The van der Waals surface area contributed by atoms with E-state index >= 15 is 0 Å². The number of nitrogens with one attached hydrogen (secondary N) is 2. The molecule has 0 saturated carbocycles. The quantitative estimate of drug-likeness (QED) is 0.905. The molecule has 0 unspecified atom stereocenters. The number of urea groups is 1. The summed E-state index contributed by atoms with van der Waals surface area (Å²) in [6.45, 7) is 0.166. The summed E-state index contributed by atoms with van der Waals surface area (Å²) in [7, 11) is 0. The maximum absolute atomic E-state index is 12.3. The van der Waals surface area contributed by atoms with Gasteiger partial charge in [-0.2, -0.15) is 13.2 Å². The van der Waals surface area contributed by atoms with E-state index in [4.69, 9.17) is 11.6 Å². The van der Waals surface area contributed by atoms with Gasteiger partial charge in [0.2, 0.25) is 0 Å². The molecule has 2 N–H and O–H groups in total. The first-order valence-corrected chi connectivity index (χ1v) is 6.41. The van der Waals surface area contributed by atoms with Gasteiger partial charge in [-0.25, -0.2) is 14.8 Å². The third-order valence-electron chi connectivity index (χ3n) is 2.58. The van der Waals surface area contributed by atoms with Gasteiger partial charge in [0.25, 0.3) is 0 Å². The number of benzene rings is 1. The van der Waals surface area contributed by atoms with Crippen LogP contribution in [0.25, 0.3) is 0 Å². The lowest BCUT2D eigenvalue weighted by Crippen LogP contribution is -2.28.